The Kier molecular flexibility index (Phi) is 3.13. The van der Waals surface area contributed by atoms with Crippen LogP contribution in [0.5, 0.6) is 0 Å². The van der Waals surface area contributed by atoms with E-state index in [1.807, 2.05) is 30.3 Å². The van der Waals surface area contributed by atoms with Crippen LogP contribution >= 0.6 is 0 Å². The van der Waals surface area contributed by atoms with Crippen LogP contribution in [-0.2, 0) is 0 Å². The molecule has 0 aliphatic carbocycles. The van der Waals surface area contributed by atoms with Crippen LogP contribution in [0.4, 0.5) is 5.82 Å². The molecule has 0 spiro atoms. The predicted molar refractivity (Wildman–Crippen MR) is 49.1 cm³/mol. The van der Waals surface area contributed by atoms with Gasteiger partial charge in [0.1, 0.15) is 5.82 Å². The summed E-state index contributed by atoms with van der Waals surface area (Å²) in [4.78, 5) is 5.03. The van der Waals surface area contributed by atoms with Crippen molar-refractivity contribution < 1.29 is 5.11 Å². The molecule has 0 aliphatic rings. The van der Waals surface area contributed by atoms with Crippen LogP contribution in [0.1, 0.15) is 0 Å². The van der Waals surface area contributed by atoms with E-state index in [1.165, 1.54) is 0 Å². The molecular formula is C8H15N3O. The number of aliphatic hydroxyl groups excluding tert-OH is 1. The van der Waals surface area contributed by atoms with Crippen molar-refractivity contribution >= 4 is 5.82 Å². The van der Waals surface area contributed by atoms with Crippen LogP contribution in [0.25, 0.3) is 0 Å². The number of nitrogens with zero attached hydrogens (tertiary/aromatic N) is 1. The molecule has 4 N–H and O–H groups in total. The van der Waals surface area contributed by atoms with Gasteiger partial charge in [-0.2, -0.15) is 0 Å². The first-order chi connectivity index (χ1) is 5.74. The Morgan fingerprint density at radius 2 is 2.50 bits per heavy atom. The molecule has 1 aromatic heterocycles. The predicted octanol–water partition coefficient (Wildman–Crippen LogP) is -0.230. The lowest BCUT2D eigenvalue weighted by Gasteiger charge is -2.20. The lowest BCUT2D eigenvalue weighted by molar-refractivity contribution is 0.267. The molecule has 0 radical (unpaired) electrons. The fourth-order valence-corrected chi connectivity index (χ4v) is 1.07. The van der Waals surface area contributed by atoms with E-state index >= 15 is 0 Å². The smallest absolute Gasteiger partial charge is 0.105 e. The largest absolute Gasteiger partial charge is 0.395 e. The molecule has 0 saturated heterocycles. The van der Waals surface area contributed by atoms with Crippen molar-refractivity contribution in [3.05, 3.63) is 18.3 Å². The number of aliphatic hydroxyl groups is 1. The highest BCUT2D eigenvalue weighted by atomic mass is 16.3. The van der Waals surface area contributed by atoms with Gasteiger partial charge in [0.2, 0.25) is 0 Å². The van der Waals surface area contributed by atoms with Crippen molar-refractivity contribution in [3.8, 4) is 0 Å². The molecule has 4 nitrogen and oxygen atoms in total. The number of anilines is 1. The molecule has 0 amide bonds. The third-order valence-corrected chi connectivity index (χ3v) is 1.74. The molecule has 68 valence electrons. The maximum atomic E-state index is 8.72. The van der Waals surface area contributed by atoms with Crippen LogP contribution in [0.15, 0.2) is 18.3 Å². The highest BCUT2D eigenvalue weighted by Gasteiger charge is 2.05. The number of H-pyrrole nitrogens is 1. The van der Waals surface area contributed by atoms with Gasteiger partial charge in [-0.15, -0.1) is 0 Å². The fraction of sp³-hybridized carbons (Fsp3) is 0.500. The molecule has 12 heavy (non-hydrogen) atoms. The molecular weight excluding hydrogens is 154 g/mol. The number of nitrogens with two attached hydrogens (primary N) is 1. The first-order valence-corrected chi connectivity index (χ1v) is 3.95. The Hall–Kier alpha value is -1.00. The summed E-state index contributed by atoms with van der Waals surface area (Å²) in [5, 5.41) is 8.72. The van der Waals surface area contributed by atoms with Crippen molar-refractivity contribution in [2.75, 3.05) is 25.1 Å². The summed E-state index contributed by atoms with van der Waals surface area (Å²) in [5.74, 6) is 1.01. The number of aromatic nitrogens is 1. The third-order valence-electron chi connectivity index (χ3n) is 1.74. The van der Waals surface area contributed by atoms with Crippen molar-refractivity contribution in [3.63, 3.8) is 0 Å². The van der Waals surface area contributed by atoms with E-state index in [4.69, 9.17) is 10.8 Å². The zero-order valence-corrected chi connectivity index (χ0v) is 7.20. The Morgan fingerprint density at radius 3 is 3.00 bits per heavy atom. The number of hydrogen-bond acceptors (Lipinski definition) is 3. The van der Waals surface area contributed by atoms with Crippen LogP contribution in [0.2, 0.25) is 0 Å². The van der Waals surface area contributed by atoms with Gasteiger partial charge in [-0.1, -0.05) is 0 Å². The van der Waals surface area contributed by atoms with Gasteiger partial charge in [0.25, 0.3) is 0 Å². The second-order valence-corrected chi connectivity index (χ2v) is 2.88. The zero-order chi connectivity index (χ0) is 8.97. The number of nitrogens with one attached hydrogen (secondary N) is 1. The maximum absolute atomic E-state index is 8.72. The summed E-state index contributed by atoms with van der Waals surface area (Å²) >= 11 is 0. The van der Waals surface area contributed by atoms with Gasteiger partial charge in [0.15, 0.2) is 0 Å². The van der Waals surface area contributed by atoms with Gasteiger partial charge in [-0.25, -0.2) is 0 Å². The first-order valence-electron chi connectivity index (χ1n) is 3.95. The Labute approximate surface area is 72.0 Å². The number of aromatic amines is 1. The van der Waals surface area contributed by atoms with Gasteiger partial charge >= 0.3 is 0 Å². The van der Waals surface area contributed by atoms with Crippen molar-refractivity contribution in [2.45, 2.75) is 6.04 Å². The molecule has 1 unspecified atom stereocenters. The van der Waals surface area contributed by atoms with Crippen LogP contribution in [0, 0.1) is 0 Å². The second kappa shape index (κ2) is 4.13. The van der Waals surface area contributed by atoms with E-state index in [1.54, 1.807) is 0 Å². The first kappa shape index (κ1) is 9.09. The Morgan fingerprint density at radius 1 is 1.75 bits per heavy atom. The molecule has 1 rings (SSSR count). The van der Waals surface area contributed by atoms with Gasteiger partial charge < -0.3 is 20.7 Å². The average Bonchev–Trinajstić information content (AvgIpc) is 2.56. The molecule has 0 aromatic carbocycles. The minimum absolute atomic E-state index is 0.0189. The third kappa shape index (κ3) is 2.25. The Bertz CT molecular complexity index is 210. The van der Waals surface area contributed by atoms with E-state index < -0.39 is 0 Å². The highest BCUT2D eigenvalue weighted by Crippen LogP contribution is 2.06. The van der Waals surface area contributed by atoms with E-state index in [0.29, 0.717) is 6.54 Å². The lowest BCUT2D eigenvalue weighted by Crippen LogP contribution is -2.37. The highest BCUT2D eigenvalue weighted by molar-refractivity contribution is 5.37. The molecule has 4 heteroatoms. The standard InChI is InChI=1S/C8H15N3O/c1-11(5-7(9)6-12)8-3-2-4-10-8/h2-4,7,10,12H,5-6,9H2,1H3. The van der Waals surface area contributed by atoms with Gasteiger partial charge in [0.05, 0.1) is 6.61 Å². The summed E-state index contributed by atoms with van der Waals surface area (Å²) in [6.45, 7) is 0.669. The van der Waals surface area contributed by atoms with E-state index in [9.17, 15) is 0 Å². The van der Waals surface area contributed by atoms with E-state index in [-0.39, 0.29) is 12.6 Å². The van der Waals surface area contributed by atoms with Crippen molar-refractivity contribution in [1.29, 1.82) is 0 Å². The normalized spacial score (nSPS) is 12.9. The average molecular weight is 169 g/mol. The monoisotopic (exact) mass is 169 g/mol. The summed E-state index contributed by atoms with van der Waals surface area (Å²) in [6, 6.07) is 3.71. The summed E-state index contributed by atoms with van der Waals surface area (Å²) < 4.78 is 0. The minimum Gasteiger partial charge on any atom is -0.395 e. The fourth-order valence-electron chi connectivity index (χ4n) is 1.07. The topological polar surface area (TPSA) is 65.3 Å². The number of hydrogen-bond donors (Lipinski definition) is 3. The molecule has 0 bridgehead atoms. The quantitative estimate of drug-likeness (QED) is 0.583. The second-order valence-electron chi connectivity index (χ2n) is 2.88. The zero-order valence-electron chi connectivity index (χ0n) is 7.20. The Balaban J connectivity index is 2.44. The van der Waals surface area contributed by atoms with Crippen LogP contribution in [0.3, 0.4) is 0 Å². The van der Waals surface area contributed by atoms with Gasteiger partial charge in [0, 0.05) is 25.8 Å². The van der Waals surface area contributed by atoms with Crippen molar-refractivity contribution in [1.82, 2.24) is 4.98 Å². The van der Waals surface area contributed by atoms with E-state index in [0.717, 1.165) is 5.82 Å². The summed E-state index contributed by atoms with van der Waals surface area (Å²) in [5.41, 5.74) is 5.57. The molecule has 1 aromatic rings. The molecule has 1 heterocycles. The molecule has 1 atom stereocenters. The van der Waals surface area contributed by atoms with Crippen LogP contribution in [-0.4, -0.2) is 36.3 Å². The van der Waals surface area contributed by atoms with Crippen molar-refractivity contribution in [2.24, 2.45) is 5.73 Å². The SMILES string of the molecule is CN(CC(N)CO)c1ccc[nH]1. The maximum Gasteiger partial charge on any atom is 0.105 e. The van der Waals surface area contributed by atoms with Crippen LogP contribution < -0.4 is 10.6 Å². The molecule has 0 aliphatic heterocycles. The summed E-state index contributed by atoms with van der Waals surface area (Å²) in [6.07, 6.45) is 1.86. The summed E-state index contributed by atoms with van der Waals surface area (Å²) in [7, 11) is 1.93. The van der Waals surface area contributed by atoms with Gasteiger partial charge in [-0.3, -0.25) is 0 Å². The minimum atomic E-state index is -0.182. The number of likely N-dealkylation sites (N-methyl/N-ethyl adjacent to an activating group) is 1. The molecule has 0 fully saturated rings. The molecule has 0 saturated carbocycles. The number of rotatable bonds is 4. The van der Waals surface area contributed by atoms with Gasteiger partial charge in [-0.05, 0) is 12.1 Å². The van der Waals surface area contributed by atoms with E-state index in [2.05, 4.69) is 4.98 Å². The lowest BCUT2D eigenvalue weighted by atomic mass is 10.3.